The minimum atomic E-state index is -1.17. The second kappa shape index (κ2) is 2.88. The molecule has 13 heavy (non-hydrogen) atoms. The molecule has 0 aromatic heterocycles. The lowest BCUT2D eigenvalue weighted by Gasteiger charge is -2.12. The van der Waals surface area contributed by atoms with Gasteiger partial charge in [0.15, 0.2) is 0 Å². The smallest absolute Gasteiger partial charge is 0.405 e. The number of hydrogen-bond donors (Lipinski definition) is 3. The van der Waals surface area contributed by atoms with Gasteiger partial charge in [-0.05, 0) is 0 Å². The lowest BCUT2D eigenvalue weighted by atomic mass is 10.00. The third-order valence-electron chi connectivity index (χ3n) is 2.44. The fourth-order valence-corrected chi connectivity index (χ4v) is 1.82. The molecule has 2 aliphatic rings. The molecule has 0 unspecified atom stereocenters. The van der Waals surface area contributed by atoms with Crippen LogP contribution in [-0.4, -0.2) is 42.4 Å². The van der Waals surface area contributed by atoms with Crippen molar-refractivity contribution in [3.63, 3.8) is 0 Å². The van der Waals surface area contributed by atoms with Gasteiger partial charge < -0.3 is 20.5 Å². The van der Waals surface area contributed by atoms with Gasteiger partial charge in [0.2, 0.25) is 5.91 Å². The van der Waals surface area contributed by atoms with Crippen LogP contribution in [0.2, 0.25) is 0 Å². The van der Waals surface area contributed by atoms with E-state index in [0.29, 0.717) is 13.2 Å². The molecular formula is C7H10N2O4. The number of hydrogen-bond acceptors (Lipinski definition) is 3. The predicted molar refractivity (Wildman–Crippen MR) is 41.2 cm³/mol. The SMILES string of the molecule is O=C(O)N[C@H]1C(=O)N[C@@H]2COC[C@@H]21. The zero-order valence-corrected chi connectivity index (χ0v) is 6.82. The van der Waals surface area contributed by atoms with Crippen molar-refractivity contribution in [3.8, 4) is 0 Å². The number of amides is 2. The van der Waals surface area contributed by atoms with Crippen LogP contribution < -0.4 is 10.6 Å². The summed E-state index contributed by atoms with van der Waals surface area (Å²) in [5.41, 5.74) is 0. The second-order valence-corrected chi connectivity index (χ2v) is 3.24. The van der Waals surface area contributed by atoms with Crippen LogP contribution in [0.1, 0.15) is 0 Å². The van der Waals surface area contributed by atoms with Crippen molar-refractivity contribution >= 4 is 12.0 Å². The van der Waals surface area contributed by atoms with E-state index in [9.17, 15) is 9.59 Å². The van der Waals surface area contributed by atoms with Crippen LogP contribution in [0, 0.1) is 5.92 Å². The zero-order chi connectivity index (χ0) is 9.42. The number of carbonyl (C=O) groups excluding carboxylic acids is 1. The third kappa shape index (κ3) is 1.33. The average molecular weight is 186 g/mol. The van der Waals surface area contributed by atoms with E-state index < -0.39 is 12.1 Å². The highest BCUT2D eigenvalue weighted by Crippen LogP contribution is 2.23. The predicted octanol–water partition coefficient (Wildman–Crippen LogP) is -1.23. The van der Waals surface area contributed by atoms with Crippen molar-refractivity contribution in [1.82, 2.24) is 10.6 Å². The highest BCUT2D eigenvalue weighted by atomic mass is 16.5. The standard InChI is InChI=1S/C7H10N2O4/c10-6-5(9-7(11)12)3-1-13-2-4(3)8-6/h3-5,9H,1-2H2,(H,8,10)(H,11,12)/t3-,4+,5+/m0/s1. The molecule has 2 heterocycles. The molecule has 0 aliphatic carbocycles. The number of rotatable bonds is 1. The van der Waals surface area contributed by atoms with E-state index in [-0.39, 0.29) is 17.9 Å². The molecular weight excluding hydrogens is 176 g/mol. The molecule has 6 heteroatoms. The van der Waals surface area contributed by atoms with Gasteiger partial charge in [-0.3, -0.25) is 4.79 Å². The lowest BCUT2D eigenvalue weighted by Crippen LogP contribution is -2.43. The van der Waals surface area contributed by atoms with E-state index in [2.05, 4.69) is 10.6 Å². The number of nitrogens with one attached hydrogen (secondary N) is 2. The summed E-state index contributed by atoms with van der Waals surface area (Å²) in [5, 5.41) is 13.3. The molecule has 3 N–H and O–H groups in total. The van der Waals surface area contributed by atoms with Gasteiger partial charge in [0, 0.05) is 5.92 Å². The van der Waals surface area contributed by atoms with E-state index in [1.807, 2.05) is 0 Å². The summed E-state index contributed by atoms with van der Waals surface area (Å²) < 4.78 is 5.12. The Morgan fingerprint density at radius 1 is 1.62 bits per heavy atom. The summed E-state index contributed by atoms with van der Waals surface area (Å²) in [5.74, 6) is -0.302. The molecule has 2 aliphatic heterocycles. The molecule has 0 saturated carbocycles. The molecule has 0 spiro atoms. The first-order valence-corrected chi connectivity index (χ1v) is 4.06. The maximum absolute atomic E-state index is 11.2. The monoisotopic (exact) mass is 186 g/mol. The number of carboxylic acid groups (broad SMARTS) is 1. The first-order valence-electron chi connectivity index (χ1n) is 4.06. The average Bonchev–Trinajstić information content (AvgIpc) is 2.55. The molecule has 0 bridgehead atoms. The van der Waals surface area contributed by atoms with Crippen LogP contribution in [-0.2, 0) is 9.53 Å². The van der Waals surface area contributed by atoms with E-state index in [1.165, 1.54) is 0 Å². The first kappa shape index (κ1) is 8.31. The summed E-state index contributed by atoms with van der Waals surface area (Å²) in [7, 11) is 0. The van der Waals surface area contributed by atoms with Crippen molar-refractivity contribution in [2.24, 2.45) is 5.92 Å². The Labute approximate surface area is 74.2 Å². The van der Waals surface area contributed by atoms with Crippen molar-refractivity contribution < 1.29 is 19.4 Å². The van der Waals surface area contributed by atoms with Crippen LogP contribution in [0.25, 0.3) is 0 Å². The first-order chi connectivity index (χ1) is 6.18. The Hall–Kier alpha value is -1.30. The summed E-state index contributed by atoms with van der Waals surface area (Å²) >= 11 is 0. The largest absolute Gasteiger partial charge is 0.465 e. The summed E-state index contributed by atoms with van der Waals surface area (Å²) in [6.45, 7) is 0.919. The fourth-order valence-electron chi connectivity index (χ4n) is 1.82. The molecule has 0 radical (unpaired) electrons. The van der Waals surface area contributed by atoms with Gasteiger partial charge in [-0.15, -0.1) is 0 Å². The van der Waals surface area contributed by atoms with Crippen molar-refractivity contribution in [2.45, 2.75) is 12.1 Å². The van der Waals surface area contributed by atoms with Crippen LogP contribution in [0.3, 0.4) is 0 Å². The molecule has 2 saturated heterocycles. The van der Waals surface area contributed by atoms with Gasteiger partial charge in [0.25, 0.3) is 0 Å². The Morgan fingerprint density at radius 3 is 3.08 bits per heavy atom. The molecule has 6 nitrogen and oxygen atoms in total. The molecule has 2 rings (SSSR count). The van der Waals surface area contributed by atoms with Gasteiger partial charge in [0.05, 0.1) is 19.3 Å². The van der Waals surface area contributed by atoms with E-state index in [4.69, 9.17) is 9.84 Å². The quantitative estimate of drug-likeness (QED) is 0.478. The van der Waals surface area contributed by atoms with Crippen molar-refractivity contribution in [2.75, 3.05) is 13.2 Å². The normalized spacial score (nSPS) is 36.9. The molecule has 72 valence electrons. The summed E-state index contributed by atoms with van der Waals surface area (Å²) in [4.78, 5) is 21.6. The van der Waals surface area contributed by atoms with Crippen molar-refractivity contribution in [1.29, 1.82) is 0 Å². The highest BCUT2D eigenvalue weighted by Gasteiger charge is 2.46. The third-order valence-corrected chi connectivity index (χ3v) is 2.44. The number of carbonyl (C=O) groups is 2. The van der Waals surface area contributed by atoms with Gasteiger partial charge in [-0.1, -0.05) is 0 Å². The zero-order valence-electron chi connectivity index (χ0n) is 6.82. The van der Waals surface area contributed by atoms with Crippen LogP contribution >= 0.6 is 0 Å². The molecule has 3 atom stereocenters. The minimum Gasteiger partial charge on any atom is -0.465 e. The van der Waals surface area contributed by atoms with Gasteiger partial charge >= 0.3 is 6.09 Å². The number of ether oxygens (including phenoxy) is 1. The van der Waals surface area contributed by atoms with E-state index in [1.54, 1.807) is 0 Å². The molecule has 2 fully saturated rings. The number of fused-ring (bicyclic) bond motifs is 1. The summed E-state index contributed by atoms with van der Waals surface area (Å²) in [6.07, 6.45) is -1.17. The Bertz CT molecular complexity index is 255. The molecule has 0 aromatic rings. The topological polar surface area (TPSA) is 87.7 Å². The van der Waals surface area contributed by atoms with Gasteiger partial charge in [-0.2, -0.15) is 0 Å². The van der Waals surface area contributed by atoms with Gasteiger partial charge in [-0.25, -0.2) is 4.79 Å². The van der Waals surface area contributed by atoms with Crippen molar-refractivity contribution in [3.05, 3.63) is 0 Å². The van der Waals surface area contributed by atoms with E-state index in [0.717, 1.165) is 0 Å². The maximum atomic E-state index is 11.2. The molecule has 0 aromatic carbocycles. The maximum Gasteiger partial charge on any atom is 0.405 e. The lowest BCUT2D eigenvalue weighted by molar-refractivity contribution is -0.121. The Kier molecular flexibility index (Phi) is 1.84. The fraction of sp³-hybridized carbons (Fsp3) is 0.714. The van der Waals surface area contributed by atoms with Crippen LogP contribution in [0.4, 0.5) is 4.79 Å². The Morgan fingerprint density at radius 2 is 2.38 bits per heavy atom. The minimum absolute atomic E-state index is 0.0238. The van der Waals surface area contributed by atoms with Crippen LogP contribution in [0.15, 0.2) is 0 Å². The Balaban J connectivity index is 2.08. The second-order valence-electron chi connectivity index (χ2n) is 3.24. The highest BCUT2D eigenvalue weighted by molar-refractivity contribution is 5.88. The van der Waals surface area contributed by atoms with Crippen LogP contribution in [0.5, 0.6) is 0 Å². The van der Waals surface area contributed by atoms with E-state index >= 15 is 0 Å². The van der Waals surface area contributed by atoms with Gasteiger partial charge in [0.1, 0.15) is 6.04 Å². The summed E-state index contributed by atoms with van der Waals surface area (Å²) in [6, 6.07) is -0.672. The molecule has 2 amide bonds.